The number of guanidine groups is 1. The van der Waals surface area contributed by atoms with E-state index in [1.807, 2.05) is 14.0 Å². The first-order valence-corrected chi connectivity index (χ1v) is 9.83. The molecule has 7 heteroatoms. The first kappa shape index (κ1) is 23.2. The van der Waals surface area contributed by atoms with Crippen molar-refractivity contribution in [1.29, 1.82) is 0 Å². The van der Waals surface area contributed by atoms with Crippen LogP contribution in [0.1, 0.15) is 50.4 Å². The number of aromatic nitrogens is 2. The fraction of sp³-hybridized carbons (Fsp3) is 0.789. The summed E-state index contributed by atoms with van der Waals surface area (Å²) in [7, 11) is 1.84. The van der Waals surface area contributed by atoms with E-state index >= 15 is 0 Å². The van der Waals surface area contributed by atoms with E-state index < -0.39 is 0 Å². The maximum atomic E-state index is 4.50. The fourth-order valence-corrected chi connectivity index (χ4v) is 3.69. The van der Waals surface area contributed by atoms with E-state index in [1.54, 1.807) is 0 Å². The van der Waals surface area contributed by atoms with Crippen LogP contribution in [0.5, 0.6) is 0 Å². The predicted molar refractivity (Wildman–Crippen MR) is 121 cm³/mol. The molecule has 2 N–H and O–H groups in total. The highest BCUT2D eigenvalue weighted by Crippen LogP contribution is 2.18. The van der Waals surface area contributed by atoms with Crippen LogP contribution in [0.3, 0.4) is 0 Å². The van der Waals surface area contributed by atoms with Gasteiger partial charge in [-0.1, -0.05) is 13.3 Å². The molecule has 0 spiro atoms. The van der Waals surface area contributed by atoms with Gasteiger partial charge in [0, 0.05) is 45.0 Å². The highest BCUT2D eigenvalue weighted by atomic mass is 127. The second kappa shape index (κ2) is 12.5. The third-order valence-corrected chi connectivity index (χ3v) is 5.08. The van der Waals surface area contributed by atoms with Gasteiger partial charge in [-0.15, -0.1) is 24.0 Å². The Morgan fingerprint density at radius 2 is 2.00 bits per heavy atom. The van der Waals surface area contributed by atoms with Crippen molar-refractivity contribution in [3.8, 4) is 0 Å². The molecule has 6 nitrogen and oxygen atoms in total. The van der Waals surface area contributed by atoms with Crippen molar-refractivity contribution in [2.45, 2.75) is 65.5 Å². The molecule has 0 saturated carbocycles. The quantitative estimate of drug-likeness (QED) is 0.262. The van der Waals surface area contributed by atoms with Crippen molar-refractivity contribution in [2.75, 3.05) is 33.2 Å². The number of rotatable bonds is 8. The maximum Gasteiger partial charge on any atom is 0.191 e. The number of nitrogens with zero attached hydrogens (tertiary/aromatic N) is 4. The molecule has 1 fully saturated rings. The molecule has 150 valence electrons. The van der Waals surface area contributed by atoms with Gasteiger partial charge in [0.25, 0.3) is 0 Å². The summed E-state index contributed by atoms with van der Waals surface area (Å²) in [5, 5.41) is 11.4. The average Bonchev–Trinajstić information content (AvgIpc) is 2.94. The van der Waals surface area contributed by atoms with Gasteiger partial charge in [-0.05, 0) is 52.1 Å². The molecule has 0 aliphatic carbocycles. The van der Waals surface area contributed by atoms with Gasteiger partial charge in [0.1, 0.15) is 0 Å². The van der Waals surface area contributed by atoms with Crippen LogP contribution in [0.15, 0.2) is 11.1 Å². The van der Waals surface area contributed by atoms with Gasteiger partial charge in [0.15, 0.2) is 5.96 Å². The number of likely N-dealkylation sites (tertiary alicyclic amines) is 1. The molecule has 0 radical (unpaired) electrons. The molecule has 0 amide bonds. The number of nitrogens with one attached hydrogen (secondary N) is 2. The van der Waals surface area contributed by atoms with E-state index in [1.165, 1.54) is 37.9 Å². The molecule has 26 heavy (non-hydrogen) atoms. The normalized spacial score (nSPS) is 18.5. The van der Waals surface area contributed by atoms with Crippen LogP contribution >= 0.6 is 24.0 Å². The lowest BCUT2D eigenvalue weighted by molar-refractivity contribution is 0.147. The third kappa shape index (κ3) is 7.42. The number of hydrogen-bond donors (Lipinski definition) is 2. The Hall–Kier alpha value is -0.830. The largest absolute Gasteiger partial charge is 0.356 e. The smallest absolute Gasteiger partial charge is 0.191 e. The number of aryl methyl sites for hydroxylation is 3. The molecule has 2 rings (SSSR count). The van der Waals surface area contributed by atoms with Crippen LogP contribution in [0.4, 0.5) is 0 Å². The van der Waals surface area contributed by atoms with E-state index in [2.05, 4.69) is 50.2 Å². The summed E-state index contributed by atoms with van der Waals surface area (Å²) in [4.78, 5) is 6.96. The molecule has 1 unspecified atom stereocenters. The minimum Gasteiger partial charge on any atom is -0.356 e. The Kier molecular flexibility index (Phi) is 11.2. The van der Waals surface area contributed by atoms with Gasteiger partial charge in [0.2, 0.25) is 0 Å². The van der Waals surface area contributed by atoms with Crippen molar-refractivity contribution >= 4 is 29.9 Å². The van der Waals surface area contributed by atoms with Gasteiger partial charge < -0.3 is 10.6 Å². The number of hydrogen-bond acceptors (Lipinski definition) is 3. The lowest BCUT2D eigenvalue weighted by Crippen LogP contribution is -2.46. The molecule has 1 atom stereocenters. The third-order valence-electron chi connectivity index (χ3n) is 5.08. The molecule has 1 aromatic heterocycles. The van der Waals surface area contributed by atoms with Gasteiger partial charge in [-0.25, -0.2) is 0 Å². The summed E-state index contributed by atoms with van der Waals surface area (Å²) in [6.45, 7) is 11.6. The Morgan fingerprint density at radius 1 is 1.23 bits per heavy atom. The Balaban J connectivity index is 0.00000338. The van der Waals surface area contributed by atoms with E-state index in [-0.39, 0.29) is 24.0 Å². The highest BCUT2D eigenvalue weighted by Gasteiger charge is 2.19. The van der Waals surface area contributed by atoms with Crippen molar-refractivity contribution in [3.63, 3.8) is 0 Å². The maximum absolute atomic E-state index is 4.50. The molecule has 1 saturated heterocycles. The van der Waals surface area contributed by atoms with Crippen LogP contribution in [0.2, 0.25) is 0 Å². The zero-order valence-electron chi connectivity index (χ0n) is 16.9. The first-order chi connectivity index (χ1) is 12.1. The van der Waals surface area contributed by atoms with Crippen LogP contribution in [-0.4, -0.2) is 59.9 Å². The van der Waals surface area contributed by atoms with Crippen molar-refractivity contribution in [1.82, 2.24) is 25.3 Å². The summed E-state index contributed by atoms with van der Waals surface area (Å²) < 4.78 is 2.08. The Labute approximate surface area is 176 Å². The van der Waals surface area contributed by atoms with Crippen LogP contribution in [0.25, 0.3) is 0 Å². The average molecular weight is 476 g/mol. The number of halogens is 1. The summed E-state index contributed by atoms with van der Waals surface area (Å²) >= 11 is 0. The molecule has 0 aromatic carbocycles. The van der Waals surface area contributed by atoms with Gasteiger partial charge in [-0.2, -0.15) is 5.10 Å². The second-order valence-corrected chi connectivity index (χ2v) is 7.02. The van der Waals surface area contributed by atoms with E-state index in [0.29, 0.717) is 0 Å². The van der Waals surface area contributed by atoms with Crippen molar-refractivity contribution in [3.05, 3.63) is 17.5 Å². The van der Waals surface area contributed by atoms with Crippen LogP contribution < -0.4 is 10.6 Å². The summed E-state index contributed by atoms with van der Waals surface area (Å²) in [5.74, 6) is 0.901. The topological polar surface area (TPSA) is 57.5 Å². The zero-order valence-corrected chi connectivity index (χ0v) is 19.3. The molecule has 2 heterocycles. The molecule has 0 bridgehead atoms. The standard InChI is InChI=1S/C19H36N6.HI/c1-5-18-9-6-7-12-24(18)14-11-22-19(20-4)21-10-8-13-25-17(3)15-16(2)23-25;/h15,18H,5-14H2,1-4H3,(H2,20,21,22);1H. The van der Waals surface area contributed by atoms with Gasteiger partial charge in [-0.3, -0.25) is 14.6 Å². The second-order valence-electron chi connectivity index (χ2n) is 7.02. The van der Waals surface area contributed by atoms with Gasteiger partial charge >= 0.3 is 0 Å². The van der Waals surface area contributed by atoms with Crippen molar-refractivity contribution < 1.29 is 0 Å². The lowest BCUT2D eigenvalue weighted by atomic mass is 10.0. The molecule has 1 aromatic rings. The zero-order chi connectivity index (χ0) is 18.1. The summed E-state index contributed by atoms with van der Waals surface area (Å²) in [6.07, 6.45) is 6.39. The monoisotopic (exact) mass is 476 g/mol. The Bertz CT molecular complexity index is 542. The van der Waals surface area contributed by atoms with Crippen molar-refractivity contribution in [2.24, 2.45) is 4.99 Å². The summed E-state index contributed by atoms with van der Waals surface area (Å²) in [5.41, 5.74) is 2.32. The van der Waals surface area contributed by atoms with E-state index in [9.17, 15) is 0 Å². The van der Waals surface area contributed by atoms with Crippen LogP contribution in [-0.2, 0) is 6.54 Å². The number of aliphatic imine (C=N–C) groups is 1. The summed E-state index contributed by atoms with van der Waals surface area (Å²) in [6, 6.07) is 2.89. The SMILES string of the molecule is CCC1CCCCN1CCNC(=NC)NCCCn1nc(C)cc1C.I. The Morgan fingerprint density at radius 3 is 2.65 bits per heavy atom. The van der Waals surface area contributed by atoms with E-state index in [4.69, 9.17) is 0 Å². The first-order valence-electron chi connectivity index (χ1n) is 9.83. The minimum absolute atomic E-state index is 0. The minimum atomic E-state index is 0. The van der Waals surface area contributed by atoms with Gasteiger partial charge in [0.05, 0.1) is 5.69 Å². The molecule has 1 aliphatic heterocycles. The van der Waals surface area contributed by atoms with E-state index in [0.717, 1.165) is 50.3 Å². The molecular weight excluding hydrogens is 439 g/mol. The number of piperidine rings is 1. The lowest BCUT2D eigenvalue weighted by Gasteiger charge is -2.35. The predicted octanol–water partition coefficient (Wildman–Crippen LogP) is 2.94. The fourth-order valence-electron chi connectivity index (χ4n) is 3.69. The molecule has 1 aliphatic rings. The molecular formula is C19H37IN6. The van der Waals surface area contributed by atoms with Crippen LogP contribution in [0, 0.1) is 13.8 Å². The highest BCUT2D eigenvalue weighted by molar-refractivity contribution is 14.0.